The van der Waals surface area contributed by atoms with Crippen molar-refractivity contribution in [1.82, 2.24) is 15.2 Å². The fourth-order valence-corrected chi connectivity index (χ4v) is 1.80. The molecule has 1 rings (SSSR count). The minimum Gasteiger partial charge on any atom is -0.432 e. The number of anilines is 1. The van der Waals surface area contributed by atoms with Crippen molar-refractivity contribution in [1.29, 1.82) is 0 Å². The van der Waals surface area contributed by atoms with Gasteiger partial charge in [0.1, 0.15) is 6.26 Å². The lowest BCUT2D eigenvalue weighted by Gasteiger charge is -2.24. The SMILES string of the molecule is CCNCc1coc(N(CCN(C)C)CC(C)C)n1. The topological polar surface area (TPSA) is 44.5 Å². The summed E-state index contributed by atoms with van der Waals surface area (Å²) in [7, 11) is 4.17. The van der Waals surface area contributed by atoms with Gasteiger partial charge in [0.15, 0.2) is 0 Å². The fraction of sp³-hybridized carbons (Fsp3) is 0.786. The van der Waals surface area contributed by atoms with E-state index in [9.17, 15) is 0 Å². The van der Waals surface area contributed by atoms with Gasteiger partial charge < -0.3 is 19.5 Å². The maximum absolute atomic E-state index is 5.61. The molecular weight excluding hydrogens is 240 g/mol. The Kier molecular flexibility index (Phi) is 6.87. The number of likely N-dealkylation sites (N-methyl/N-ethyl adjacent to an activating group) is 1. The molecule has 1 N–H and O–H groups in total. The molecule has 0 bridgehead atoms. The summed E-state index contributed by atoms with van der Waals surface area (Å²) in [6.45, 7) is 11.1. The highest BCUT2D eigenvalue weighted by molar-refractivity contribution is 5.27. The first-order chi connectivity index (χ1) is 9.02. The average Bonchev–Trinajstić information content (AvgIpc) is 2.80. The number of hydrogen-bond acceptors (Lipinski definition) is 5. The molecule has 0 spiro atoms. The Bertz CT molecular complexity index is 349. The number of nitrogens with zero attached hydrogens (tertiary/aromatic N) is 3. The molecule has 19 heavy (non-hydrogen) atoms. The molecule has 1 aromatic rings. The maximum atomic E-state index is 5.61. The second-order valence-electron chi connectivity index (χ2n) is 5.54. The van der Waals surface area contributed by atoms with E-state index in [1.807, 2.05) is 0 Å². The van der Waals surface area contributed by atoms with Crippen LogP contribution < -0.4 is 10.2 Å². The molecule has 0 unspecified atom stereocenters. The van der Waals surface area contributed by atoms with Crippen molar-refractivity contribution in [2.24, 2.45) is 5.92 Å². The van der Waals surface area contributed by atoms with Gasteiger partial charge in [-0.3, -0.25) is 0 Å². The standard InChI is InChI=1S/C14H28N4O/c1-6-15-9-13-11-19-14(16-13)18(10-12(2)3)8-7-17(4)5/h11-12,15H,6-10H2,1-5H3. The molecule has 0 fully saturated rings. The van der Waals surface area contributed by atoms with E-state index in [1.54, 1.807) is 6.26 Å². The van der Waals surface area contributed by atoms with Crippen LogP contribution in [0.1, 0.15) is 26.5 Å². The number of nitrogens with one attached hydrogen (secondary N) is 1. The highest BCUT2D eigenvalue weighted by atomic mass is 16.4. The van der Waals surface area contributed by atoms with E-state index in [0.29, 0.717) is 5.92 Å². The summed E-state index contributed by atoms with van der Waals surface area (Å²) in [5.41, 5.74) is 0.968. The third-order valence-electron chi connectivity index (χ3n) is 2.77. The summed E-state index contributed by atoms with van der Waals surface area (Å²) in [6, 6.07) is 0.739. The van der Waals surface area contributed by atoms with Crippen LogP contribution in [-0.2, 0) is 6.54 Å². The lowest BCUT2D eigenvalue weighted by Crippen LogP contribution is -2.34. The molecule has 0 aliphatic carbocycles. The molecule has 1 heterocycles. The molecule has 0 amide bonds. The molecule has 1 aromatic heterocycles. The second kappa shape index (κ2) is 8.17. The van der Waals surface area contributed by atoms with Crippen molar-refractivity contribution in [3.63, 3.8) is 0 Å². The highest BCUT2D eigenvalue weighted by Crippen LogP contribution is 2.15. The molecule has 0 radical (unpaired) electrons. The lowest BCUT2D eigenvalue weighted by atomic mass is 10.2. The van der Waals surface area contributed by atoms with Crippen molar-refractivity contribution >= 4 is 6.01 Å². The molecule has 0 saturated heterocycles. The number of hydrogen-bond donors (Lipinski definition) is 1. The van der Waals surface area contributed by atoms with Crippen molar-refractivity contribution in [3.8, 4) is 0 Å². The molecular formula is C14H28N4O. The van der Waals surface area contributed by atoms with Crippen molar-refractivity contribution < 1.29 is 4.42 Å². The third kappa shape index (κ3) is 6.07. The van der Waals surface area contributed by atoms with Crippen LogP contribution in [0.5, 0.6) is 0 Å². The molecule has 0 saturated carbocycles. The van der Waals surface area contributed by atoms with Crippen LogP contribution in [0.15, 0.2) is 10.7 Å². The van der Waals surface area contributed by atoms with Gasteiger partial charge >= 0.3 is 0 Å². The van der Waals surface area contributed by atoms with E-state index in [2.05, 4.69) is 55.0 Å². The Balaban J connectivity index is 2.64. The molecule has 5 heteroatoms. The van der Waals surface area contributed by atoms with Crippen LogP contribution in [0.2, 0.25) is 0 Å². The van der Waals surface area contributed by atoms with Gasteiger partial charge in [-0.1, -0.05) is 20.8 Å². The Morgan fingerprint density at radius 2 is 2.05 bits per heavy atom. The van der Waals surface area contributed by atoms with Gasteiger partial charge in [-0.25, -0.2) is 0 Å². The third-order valence-corrected chi connectivity index (χ3v) is 2.77. The van der Waals surface area contributed by atoms with E-state index in [-0.39, 0.29) is 0 Å². The minimum atomic E-state index is 0.589. The Morgan fingerprint density at radius 1 is 1.32 bits per heavy atom. The van der Waals surface area contributed by atoms with Gasteiger partial charge in [-0.15, -0.1) is 0 Å². The molecule has 0 aliphatic heterocycles. The van der Waals surface area contributed by atoms with Crippen molar-refractivity contribution in [3.05, 3.63) is 12.0 Å². The summed E-state index contributed by atoms with van der Waals surface area (Å²) >= 11 is 0. The molecule has 0 aliphatic rings. The van der Waals surface area contributed by atoms with Crippen LogP contribution in [0.25, 0.3) is 0 Å². The Morgan fingerprint density at radius 3 is 2.63 bits per heavy atom. The monoisotopic (exact) mass is 268 g/mol. The van der Waals surface area contributed by atoms with Gasteiger partial charge in [-0.05, 0) is 26.6 Å². The van der Waals surface area contributed by atoms with E-state index >= 15 is 0 Å². The second-order valence-corrected chi connectivity index (χ2v) is 5.54. The van der Waals surface area contributed by atoms with Gasteiger partial charge in [-0.2, -0.15) is 4.98 Å². The first-order valence-electron chi connectivity index (χ1n) is 7.07. The maximum Gasteiger partial charge on any atom is 0.297 e. The summed E-state index contributed by atoms with van der Waals surface area (Å²) in [4.78, 5) is 8.96. The van der Waals surface area contributed by atoms with E-state index < -0.39 is 0 Å². The average molecular weight is 268 g/mol. The zero-order valence-corrected chi connectivity index (χ0v) is 12.9. The van der Waals surface area contributed by atoms with E-state index in [1.165, 1.54) is 0 Å². The Hall–Kier alpha value is -1.07. The van der Waals surface area contributed by atoms with Gasteiger partial charge in [0, 0.05) is 26.2 Å². The first-order valence-corrected chi connectivity index (χ1v) is 7.07. The first kappa shape index (κ1) is 16.0. The van der Waals surface area contributed by atoms with Crippen LogP contribution in [0.4, 0.5) is 6.01 Å². The van der Waals surface area contributed by atoms with Gasteiger partial charge in [0.05, 0.1) is 5.69 Å². The quantitative estimate of drug-likeness (QED) is 0.740. The smallest absolute Gasteiger partial charge is 0.297 e. The zero-order valence-electron chi connectivity index (χ0n) is 12.9. The number of aromatic nitrogens is 1. The summed E-state index contributed by atoms with van der Waals surface area (Å²) in [5.74, 6) is 0.589. The highest BCUT2D eigenvalue weighted by Gasteiger charge is 2.14. The van der Waals surface area contributed by atoms with Crippen molar-refractivity contribution in [2.75, 3.05) is 45.2 Å². The minimum absolute atomic E-state index is 0.589. The summed E-state index contributed by atoms with van der Waals surface area (Å²) in [6.07, 6.45) is 1.75. The van der Waals surface area contributed by atoms with Gasteiger partial charge in [0.25, 0.3) is 6.01 Å². The van der Waals surface area contributed by atoms with Crippen molar-refractivity contribution in [2.45, 2.75) is 27.3 Å². The predicted octanol–water partition coefficient (Wildman–Crippen LogP) is 1.81. The largest absolute Gasteiger partial charge is 0.432 e. The number of rotatable bonds is 9. The van der Waals surface area contributed by atoms with Crippen LogP contribution >= 0.6 is 0 Å². The molecule has 0 aromatic carbocycles. The fourth-order valence-electron chi connectivity index (χ4n) is 1.80. The number of oxazole rings is 1. The van der Waals surface area contributed by atoms with E-state index in [0.717, 1.165) is 44.4 Å². The van der Waals surface area contributed by atoms with Crippen LogP contribution in [-0.4, -0.2) is 50.2 Å². The predicted molar refractivity (Wildman–Crippen MR) is 79.5 cm³/mol. The van der Waals surface area contributed by atoms with Crippen LogP contribution in [0.3, 0.4) is 0 Å². The Labute approximate surface area is 117 Å². The van der Waals surface area contributed by atoms with E-state index in [4.69, 9.17) is 4.42 Å². The molecule has 0 atom stereocenters. The zero-order chi connectivity index (χ0) is 14.3. The summed E-state index contributed by atoms with van der Waals surface area (Å²) < 4.78 is 5.61. The van der Waals surface area contributed by atoms with Gasteiger partial charge in [0.2, 0.25) is 0 Å². The summed E-state index contributed by atoms with van der Waals surface area (Å²) in [5, 5.41) is 3.26. The van der Waals surface area contributed by atoms with Crippen LogP contribution in [0, 0.1) is 5.92 Å². The molecule has 5 nitrogen and oxygen atoms in total. The normalized spacial score (nSPS) is 11.5. The molecule has 110 valence electrons. The lowest BCUT2D eigenvalue weighted by molar-refractivity contribution is 0.399.